The van der Waals surface area contributed by atoms with E-state index in [1.165, 1.54) is 11.8 Å². The van der Waals surface area contributed by atoms with Gasteiger partial charge in [0.15, 0.2) is 11.0 Å². The van der Waals surface area contributed by atoms with E-state index in [2.05, 4.69) is 32.0 Å². The number of nitrogens with zero attached hydrogens (tertiary/aromatic N) is 5. The molecule has 1 aromatic carbocycles. The lowest BCUT2D eigenvalue weighted by atomic mass is 10.3. The molecule has 4 rings (SSSR count). The molecule has 2 aromatic rings. The first-order valence-electron chi connectivity index (χ1n) is 12.2. The number of amides is 1. The highest BCUT2D eigenvalue weighted by molar-refractivity contribution is 7.99. The summed E-state index contributed by atoms with van der Waals surface area (Å²) in [6.45, 7) is 8.98. The largest absolute Gasteiger partial charge is 0.402 e. The Morgan fingerprint density at radius 3 is 2.49 bits per heavy atom. The summed E-state index contributed by atoms with van der Waals surface area (Å²) in [5, 5.41) is 3.56. The smallest absolute Gasteiger partial charge is 0.227 e. The number of likely N-dealkylation sites (N-methyl/N-ethyl adjacent to an activating group) is 1. The molecule has 1 saturated heterocycles. The van der Waals surface area contributed by atoms with Gasteiger partial charge >= 0.3 is 0 Å². The van der Waals surface area contributed by atoms with Gasteiger partial charge in [-0.1, -0.05) is 13.8 Å². The molecule has 2 fully saturated rings. The van der Waals surface area contributed by atoms with E-state index < -0.39 is 0 Å². The van der Waals surface area contributed by atoms with E-state index in [4.69, 9.17) is 16.5 Å². The molecule has 10 heteroatoms. The molecule has 0 spiro atoms. The predicted molar refractivity (Wildman–Crippen MR) is 142 cm³/mol. The molecule has 35 heavy (non-hydrogen) atoms. The van der Waals surface area contributed by atoms with Gasteiger partial charge in [0, 0.05) is 54.4 Å². The first-order chi connectivity index (χ1) is 16.9. The normalized spacial score (nSPS) is 17.5. The van der Waals surface area contributed by atoms with Crippen molar-refractivity contribution in [3.05, 3.63) is 42.1 Å². The average Bonchev–Trinajstić information content (AvgIpc) is 3.71. The van der Waals surface area contributed by atoms with E-state index in [1.54, 1.807) is 6.08 Å². The molecule has 0 radical (unpaired) electrons. The summed E-state index contributed by atoms with van der Waals surface area (Å²) < 4.78 is 0. The van der Waals surface area contributed by atoms with Crippen LogP contribution in [0.5, 0.6) is 0 Å². The van der Waals surface area contributed by atoms with Gasteiger partial charge in [-0.3, -0.25) is 4.79 Å². The Kier molecular flexibility index (Phi) is 8.25. The van der Waals surface area contributed by atoms with Crippen molar-refractivity contribution in [2.45, 2.75) is 43.2 Å². The lowest BCUT2D eigenvalue weighted by molar-refractivity contribution is -0.117. The summed E-state index contributed by atoms with van der Waals surface area (Å²) in [6.07, 6.45) is 4.34. The van der Waals surface area contributed by atoms with Crippen LogP contribution in [0.3, 0.4) is 0 Å². The molecule has 1 saturated carbocycles. The van der Waals surface area contributed by atoms with Crippen molar-refractivity contribution in [2.24, 2.45) is 22.4 Å². The second-order valence-corrected chi connectivity index (χ2v) is 9.83. The topological polar surface area (TPSA) is 126 Å². The zero-order valence-electron chi connectivity index (χ0n) is 20.4. The molecule has 0 atom stereocenters. The predicted octanol–water partition coefficient (Wildman–Crippen LogP) is 3.36. The van der Waals surface area contributed by atoms with Crippen molar-refractivity contribution in [2.75, 3.05) is 42.9 Å². The molecule has 2 aliphatic rings. The van der Waals surface area contributed by atoms with Gasteiger partial charge in [0.25, 0.3) is 0 Å². The van der Waals surface area contributed by atoms with Gasteiger partial charge in [0.1, 0.15) is 11.7 Å². The SMILES string of the molecule is CCC(N)=CC(N)=Nc1cc(N2CCN(CC)CC2)nc(Sc2ccc(NC(=O)C3CC3)cc2)n1. The minimum Gasteiger partial charge on any atom is -0.402 e. The third kappa shape index (κ3) is 7.19. The standard InChI is InChI=1S/C25H34N8OS/c1-3-18(26)15-21(27)29-22-16-23(33-13-11-32(4-2)12-14-33)31-25(30-22)35-20-9-7-19(8-10-20)28-24(34)17-5-6-17/h7-10,15-17H,3-6,11-14,26H2,1-2H3,(H,28,34)(H2,27,29,30,31). The van der Waals surface area contributed by atoms with Gasteiger partial charge in [-0.25, -0.2) is 15.0 Å². The fraction of sp³-hybridized carbons (Fsp3) is 0.440. The lowest BCUT2D eigenvalue weighted by Crippen LogP contribution is -2.46. The van der Waals surface area contributed by atoms with E-state index in [9.17, 15) is 4.79 Å². The highest BCUT2D eigenvalue weighted by atomic mass is 32.2. The van der Waals surface area contributed by atoms with Crippen LogP contribution in [0.25, 0.3) is 0 Å². The van der Waals surface area contributed by atoms with Gasteiger partial charge in [0.05, 0.1) is 0 Å². The van der Waals surface area contributed by atoms with Gasteiger partial charge in [-0.2, -0.15) is 0 Å². The third-order valence-electron chi connectivity index (χ3n) is 6.09. The van der Waals surface area contributed by atoms with Gasteiger partial charge in [-0.15, -0.1) is 0 Å². The molecule has 0 unspecified atom stereocenters. The number of benzene rings is 1. The first kappa shape index (κ1) is 25.0. The zero-order chi connectivity index (χ0) is 24.8. The van der Waals surface area contributed by atoms with Crippen LogP contribution in [0.1, 0.15) is 33.1 Å². The summed E-state index contributed by atoms with van der Waals surface area (Å²) in [6, 6.07) is 9.62. The van der Waals surface area contributed by atoms with Crippen LogP contribution >= 0.6 is 11.8 Å². The fourth-order valence-corrected chi connectivity index (χ4v) is 4.48. The molecule has 1 amide bonds. The number of amidine groups is 1. The monoisotopic (exact) mass is 494 g/mol. The van der Waals surface area contributed by atoms with E-state index in [-0.39, 0.29) is 11.8 Å². The van der Waals surface area contributed by atoms with Crippen molar-refractivity contribution >= 4 is 40.8 Å². The van der Waals surface area contributed by atoms with Crippen LogP contribution in [0.4, 0.5) is 17.3 Å². The van der Waals surface area contributed by atoms with E-state index in [0.29, 0.717) is 28.9 Å². The number of anilines is 2. The number of aromatic nitrogens is 2. The van der Waals surface area contributed by atoms with Crippen molar-refractivity contribution in [3.8, 4) is 0 Å². The van der Waals surface area contributed by atoms with Gasteiger partial charge in [-0.05, 0) is 67.9 Å². The lowest BCUT2D eigenvalue weighted by Gasteiger charge is -2.34. The fourth-order valence-electron chi connectivity index (χ4n) is 3.72. The Hall–Kier alpha value is -3.11. The number of rotatable bonds is 9. The van der Waals surface area contributed by atoms with Crippen LogP contribution < -0.4 is 21.7 Å². The maximum absolute atomic E-state index is 12.0. The molecule has 2 heterocycles. The van der Waals surface area contributed by atoms with Crippen molar-refractivity contribution in [1.82, 2.24) is 14.9 Å². The average molecular weight is 495 g/mol. The molecule has 1 aliphatic heterocycles. The number of allylic oxidation sites excluding steroid dienone is 1. The van der Waals surface area contributed by atoms with Crippen molar-refractivity contribution < 1.29 is 4.79 Å². The molecule has 1 aromatic heterocycles. The number of carbonyl (C=O) groups is 1. The summed E-state index contributed by atoms with van der Waals surface area (Å²) in [5.41, 5.74) is 13.5. The Morgan fingerprint density at radius 2 is 1.86 bits per heavy atom. The number of hydrogen-bond donors (Lipinski definition) is 3. The maximum Gasteiger partial charge on any atom is 0.227 e. The van der Waals surface area contributed by atoms with Gasteiger partial charge < -0.3 is 26.6 Å². The quantitative estimate of drug-likeness (QED) is 0.275. The number of hydrogen-bond acceptors (Lipinski definition) is 8. The molecule has 186 valence electrons. The summed E-state index contributed by atoms with van der Waals surface area (Å²) in [5.74, 6) is 1.93. The number of carbonyl (C=O) groups excluding carboxylic acids is 1. The Bertz CT molecular complexity index is 1090. The van der Waals surface area contributed by atoms with Crippen LogP contribution in [0, 0.1) is 5.92 Å². The van der Waals surface area contributed by atoms with Gasteiger partial charge in [0.2, 0.25) is 5.91 Å². The maximum atomic E-state index is 12.0. The minimum atomic E-state index is 0.0995. The Balaban J connectivity index is 1.55. The molecule has 9 nitrogen and oxygen atoms in total. The second kappa shape index (κ2) is 11.5. The van der Waals surface area contributed by atoms with Crippen LogP contribution in [-0.4, -0.2) is 59.3 Å². The summed E-state index contributed by atoms with van der Waals surface area (Å²) >= 11 is 1.45. The van der Waals surface area contributed by atoms with Crippen LogP contribution in [0.2, 0.25) is 0 Å². The Labute approximate surface area is 211 Å². The molecule has 5 N–H and O–H groups in total. The van der Waals surface area contributed by atoms with Crippen molar-refractivity contribution in [1.29, 1.82) is 0 Å². The summed E-state index contributed by atoms with van der Waals surface area (Å²) in [7, 11) is 0. The number of aliphatic imine (C=N–C) groups is 1. The van der Waals surface area contributed by atoms with E-state index in [1.807, 2.05) is 37.3 Å². The molecular formula is C25H34N8OS. The number of nitrogens with two attached hydrogens (primary N) is 2. The molecular weight excluding hydrogens is 460 g/mol. The van der Waals surface area contributed by atoms with Crippen LogP contribution in [0.15, 0.2) is 57.1 Å². The summed E-state index contributed by atoms with van der Waals surface area (Å²) in [4.78, 5) is 31.6. The second-order valence-electron chi connectivity index (χ2n) is 8.79. The molecule has 0 bridgehead atoms. The minimum absolute atomic E-state index is 0.0995. The van der Waals surface area contributed by atoms with Crippen molar-refractivity contribution in [3.63, 3.8) is 0 Å². The van der Waals surface area contributed by atoms with E-state index in [0.717, 1.165) is 62.0 Å². The number of nitrogens with one attached hydrogen (secondary N) is 1. The zero-order valence-corrected chi connectivity index (χ0v) is 21.2. The Morgan fingerprint density at radius 1 is 1.14 bits per heavy atom. The highest BCUT2D eigenvalue weighted by Gasteiger charge is 2.29. The number of piperazine rings is 1. The first-order valence-corrected chi connectivity index (χ1v) is 13.0. The van der Waals surface area contributed by atoms with Crippen LogP contribution in [-0.2, 0) is 4.79 Å². The molecule has 1 aliphatic carbocycles. The highest BCUT2D eigenvalue weighted by Crippen LogP contribution is 2.32. The third-order valence-corrected chi connectivity index (χ3v) is 6.96. The van der Waals surface area contributed by atoms with E-state index >= 15 is 0 Å².